The van der Waals surface area contributed by atoms with E-state index in [9.17, 15) is 0 Å². The van der Waals surface area contributed by atoms with Crippen LogP contribution >= 0.6 is 0 Å². The van der Waals surface area contributed by atoms with Gasteiger partial charge in [-0.15, -0.1) is 0 Å². The third-order valence-electron chi connectivity index (χ3n) is 3.39. The number of hydrogen-bond acceptors (Lipinski definition) is 3. The number of nitrogens with zero attached hydrogens (tertiary/aromatic N) is 4. The van der Waals surface area contributed by atoms with E-state index in [2.05, 4.69) is 45.4 Å². The van der Waals surface area contributed by atoms with Crippen LogP contribution in [0, 0.1) is 13.8 Å². The van der Waals surface area contributed by atoms with Gasteiger partial charge in [-0.1, -0.05) is 6.92 Å². The lowest BCUT2D eigenvalue weighted by Gasteiger charge is -2.07. The molecule has 0 aromatic carbocycles. The summed E-state index contributed by atoms with van der Waals surface area (Å²) in [5.41, 5.74) is 3.73. The largest absolute Gasteiger partial charge is 0.336 e. The zero-order valence-electron chi connectivity index (χ0n) is 12.1. The average Bonchev–Trinajstić information content (AvgIpc) is 2.99. The van der Waals surface area contributed by atoms with E-state index in [0.717, 1.165) is 38.3 Å². The third-order valence-corrected chi connectivity index (χ3v) is 3.39. The number of rotatable bonds is 7. The van der Waals surface area contributed by atoms with Crippen molar-refractivity contribution < 1.29 is 0 Å². The van der Waals surface area contributed by atoms with E-state index in [1.807, 2.05) is 12.5 Å². The summed E-state index contributed by atoms with van der Waals surface area (Å²) in [5.74, 6) is 0. The highest BCUT2D eigenvalue weighted by Crippen LogP contribution is 2.12. The lowest BCUT2D eigenvalue weighted by molar-refractivity contribution is 0.520. The summed E-state index contributed by atoms with van der Waals surface area (Å²) in [7, 11) is 0. The van der Waals surface area contributed by atoms with Gasteiger partial charge in [0, 0.05) is 36.7 Å². The Morgan fingerprint density at radius 2 is 2.11 bits per heavy atom. The Morgan fingerprint density at radius 1 is 1.26 bits per heavy atom. The quantitative estimate of drug-likeness (QED) is 0.774. The Bertz CT molecular complexity index is 498. The summed E-state index contributed by atoms with van der Waals surface area (Å²) in [6.45, 7) is 10.2. The minimum absolute atomic E-state index is 0.886. The van der Waals surface area contributed by atoms with Crippen molar-refractivity contribution in [1.82, 2.24) is 24.6 Å². The van der Waals surface area contributed by atoms with Crippen LogP contribution in [0.15, 0.2) is 18.7 Å². The topological polar surface area (TPSA) is 47.7 Å². The Morgan fingerprint density at radius 3 is 2.79 bits per heavy atom. The maximum absolute atomic E-state index is 4.63. The molecule has 0 saturated heterocycles. The normalized spacial score (nSPS) is 11.1. The van der Waals surface area contributed by atoms with Crippen LogP contribution in [0.3, 0.4) is 0 Å². The molecule has 0 unspecified atom stereocenters. The molecule has 0 atom stereocenters. The van der Waals surface area contributed by atoms with E-state index in [4.69, 9.17) is 0 Å². The fourth-order valence-corrected chi connectivity index (χ4v) is 2.23. The number of hydrogen-bond donors (Lipinski definition) is 1. The first-order valence-corrected chi connectivity index (χ1v) is 6.91. The molecule has 5 nitrogen and oxygen atoms in total. The molecule has 2 rings (SSSR count). The minimum Gasteiger partial charge on any atom is -0.336 e. The van der Waals surface area contributed by atoms with Crippen molar-refractivity contribution >= 4 is 0 Å². The Hall–Kier alpha value is -1.62. The minimum atomic E-state index is 0.886. The first-order chi connectivity index (χ1) is 9.22. The second-order valence-electron chi connectivity index (χ2n) is 4.85. The SMILES string of the molecule is CCCNCc1c(C)nn(CCn2ccnc2)c1C. The lowest BCUT2D eigenvalue weighted by Crippen LogP contribution is -2.15. The smallest absolute Gasteiger partial charge is 0.0946 e. The average molecular weight is 261 g/mol. The van der Waals surface area contributed by atoms with Gasteiger partial charge in [0.2, 0.25) is 0 Å². The second kappa shape index (κ2) is 6.52. The van der Waals surface area contributed by atoms with Crippen molar-refractivity contribution in [2.45, 2.75) is 46.8 Å². The first kappa shape index (κ1) is 13.8. The first-order valence-electron chi connectivity index (χ1n) is 6.91. The van der Waals surface area contributed by atoms with Crippen molar-refractivity contribution in [3.63, 3.8) is 0 Å². The van der Waals surface area contributed by atoms with Crippen molar-refractivity contribution in [3.8, 4) is 0 Å². The van der Waals surface area contributed by atoms with Gasteiger partial charge in [-0.05, 0) is 26.8 Å². The molecule has 2 aromatic heterocycles. The van der Waals surface area contributed by atoms with Gasteiger partial charge in [-0.25, -0.2) is 4.98 Å². The summed E-state index contributed by atoms with van der Waals surface area (Å²) < 4.78 is 4.17. The van der Waals surface area contributed by atoms with Gasteiger partial charge < -0.3 is 9.88 Å². The van der Waals surface area contributed by atoms with E-state index in [1.165, 1.54) is 11.3 Å². The highest BCUT2D eigenvalue weighted by Gasteiger charge is 2.10. The van der Waals surface area contributed by atoms with Gasteiger partial charge >= 0.3 is 0 Å². The molecule has 0 bridgehead atoms. The number of nitrogens with one attached hydrogen (secondary N) is 1. The van der Waals surface area contributed by atoms with Gasteiger partial charge in [-0.3, -0.25) is 4.68 Å². The summed E-state index contributed by atoms with van der Waals surface area (Å²) in [4.78, 5) is 4.05. The molecule has 2 aromatic rings. The van der Waals surface area contributed by atoms with Gasteiger partial charge in [-0.2, -0.15) is 5.10 Å². The standard InChI is InChI=1S/C14H23N5/c1-4-5-15-10-14-12(2)17-19(13(14)3)9-8-18-7-6-16-11-18/h6-7,11,15H,4-5,8-10H2,1-3H3. The van der Waals surface area contributed by atoms with Crippen molar-refractivity contribution in [2.24, 2.45) is 0 Å². The van der Waals surface area contributed by atoms with Crippen LogP contribution in [-0.2, 0) is 19.6 Å². The molecule has 0 aliphatic carbocycles. The highest BCUT2D eigenvalue weighted by atomic mass is 15.3. The molecule has 2 heterocycles. The zero-order chi connectivity index (χ0) is 13.7. The van der Waals surface area contributed by atoms with Crippen LogP contribution in [0.25, 0.3) is 0 Å². The molecule has 0 aliphatic rings. The van der Waals surface area contributed by atoms with Crippen LogP contribution in [0.1, 0.15) is 30.3 Å². The van der Waals surface area contributed by atoms with Crippen LogP contribution < -0.4 is 5.32 Å². The van der Waals surface area contributed by atoms with Crippen LogP contribution in [0.2, 0.25) is 0 Å². The molecule has 1 N–H and O–H groups in total. The molecule has 104 valence electrons. The van der Waals surface area contributed by atoms with Crippen molar-refractivity contribution in [2.75, 3.05) is 6.54 Å². The Balaban J connectivity index is 1.99. The fraction of sp³-hybridized carbons (Fsp3) is 0.571. The maximum atomic E-state index is 4.63. The van der Waals surface area contributed by atoms with Gasteiger partial charge in [0.15, 0.2) is 0 Å². The molecule has 0 amide bonds. The molecule has 0 aliphatic heterocycles. The zero-order valence-corrected chi connectivity index (χ0v) is 12.1. The molecule has 0 fully saturated rings. The summed E-state index contributed by atoms with van der Waals surface area (Å²) in [6.07, 6.45) is 6.79. The van der Waals surface area contributed by atoms with E-state index in [-0.39, 0.29) is 0 Å². The summed E-state index contributed by atoms with van der Waals surface area (Å²) in [6, 6.07) is 0. The van der Waals surface area contributed by atoms with E-state index >= 15 is 0 Å². The number of imidazole rings is 1. The monoisotopic (exact) mass is 261 g/mol. The summed E-state index contributed by atoms with van der Waals surface area (Å²) >= 11 is 0. The lowest BCUT2D eigenvalue weighted by atomic mass is 10.2. The summed E-state index contributed by atoms with van der Waals surface area (Å²) in [5, 5.41) is 8.08. The Labute approximate surface area is 114 Å². The molecular weight excluding hydrogens is 238 g/mol. The molecule has 19 heavy (non-hydrogen) atoms. The molecular formula is C14H23N5. The van der Waals surface area contributed by atoms with Gasteiger partial charge in [0.05, 0.1) is 18.6 Å². The van der Waals surface area contributed by atoms with Crippen molar-refractivity contribution in [1.29, 1.82) is 0 Å². The Kier molecular flexibility index (Phi) is 4.74. The number of aryl methyl sites for hydroxylation is 3. The van der Waals surface area contributed by atoms with Crippen LogP contribution in [-0.4, -0.2) is 25.9 Å². The second-order valence-corrected chi connectivity index (χ2v) is 4.85. The maximum Gasteiger partial charge on any atom is 0.0946 e. The molecule has 5 heteroatoms. The fourth-order valence-electron chi connectivity index (χ4n) is 2.23. The van der Waals surface area contributed by atoms with Gasteiger partial charge in [0.25, 0.3) is 0 Å². The molecule has 0 saturated carbocycles. The predicted octanol–water partition coefficient (Wildman–Crippen LogP) is 1.90. The molecule has 0 spiro atoms. The molecule has 0 radical (unpaired) electrons. The predicted molar refractivity (Wildman–Crippen MR) is 75.9 cm³/mol. The van der Waals surface area contributed by atoms with Gasteiger partial charge in [0.1, 0.15) is 0 Å². The van der Waals surface area contributed by atoms with E-state index in [0.29, 0.717) is 0 Å². The van der Waals surface area contributed by atoms with Crippen LogP contribution in [0.4, 0.5) is 0 Å². The number of aromatic nitrogens is 4. The van der Waals surface area contributed by atoms with Crippen LogP contribution in [0.5, 0.6) is 0 Å². The highest BCUT2D eigenvalue weighted by molar-refractivity contribution is 5.24. The van der Waals surface area contributed by atoms with E-state index < -0.39 is 0 Å². The van der Waals surface area contributed by atoms with E-state index in [1.54, 1.807) is 6.20 Å². The van der Waals surface area contributed by atoms with Crippen molar-refractivity contribution in [3.05, 3.63) is 35.7 Å². The third kappa shape index (κ3) is 3.44.